The second-order valence-corrected chi connectivity index (χ2v) is 5.64. The molecular weight excluding hydrogens is 230 g/mol. The lowest BCUT2D eigenvalue weighted by Crippen LogP contribution is -2.39. The molecule has 0 radical (unpaired) electrons. The van der Waals surface area contributed by atoms with Crippen molar-refractivity contribution in [3.8, 4) is 0 Å². The van der Waals surface area contributed by atoms with Gasteiger partial charge in [0.25, 0.3) is 0 Å². The third-order valence-corrected chi connectivity index (χ3v) is 4.15. The molecule has 0 aliphatic heterocycles. The van der Waals surface area contributed by atoms with Crippen LogP contribution >= 0.6 is 12.6 Å². The van der Waals surface area contributed by atoms with E-state index >= 15 is 0 Å². The average Bonchev–Trinajstić information content (AvgIpc) is 2.38. The van der Waals surface area contributed by atoms with E-state index in [1.165, 1.54) is 64.3 Å². The first-order chi connectivity index (χ1) is 8.38. The van der Waals surface area contributed by atoms with E-state index in [1.807, 2.05) is 0 Å². The number of thiol groups is 1. The summed E-state index contributed by atoms with van der Waals surface area (Å²) in [4.78, 5) is 2.53. The zero-order valence-electron chi connectivity index (χ0n) is 11.1. The molecule has 0 spiro atoms. The summed E-state index contributed by atoms with van der Waals surface area (Å²) in [6.07, 6.45) is 12.0. The lowest BCUT2D eigenvalue weighted by Gasteiger charge is -2.34. The van der Waals surface area contributed by atoms with Crippen molar-refractivity contribution < 1.29 is 5.11 Å². The van der Waals surface area contributed by atoms with Crippen LogP contribution < -0.4 is 0 Å². The maximum atomic E-state index is 9.16. The van der Waals surface area contributed by atoms with Gasteiger partial charge in [0.1, 0.15) is 0 Å². The van der Waals surface area contributed by atoms with Crippen LogP contribution in [0.4, 0.5) is 0 Å². The molecule has 0 amide bonds. The van der Waals surface area contributed by atoms with Crippen molar-refractivity contribution >= 4 is 12.6 Å². The fraction of sp³-hybridized carbons (Fsp3) is 1.00. The molecule has 0 bridgehead atoms. The molecule has 0 atom stereocenters. The fourth-order valence-corrected chi connectivity index (χ4v) is 3.06. The van der Waals surface area contributed by atoms with Gasteiger partial charge in [-0.2, -0.15) is 12.6 Å². The molecule has 1 aliphatic rings. The summed E-state index contributed by atoms with van der Waals surface area (Å²) in [7, 11) is 0. The van der Waals surface area contributed by atoms with Crippen molar-refractivity contribution in [1.29, 1.82) is 0 Å². The van der Waals surface area contributed by atoms with Crippen LogP contribution in [-0.4, -0.2) is 41.5 Å². The smallest absolute Gasteiger partial charge is 0.0558 e. The monoisotopic (exact) mass is 259 g/mol. The Hall–Kier alpha value is 0.270. The van der Waals surface area contributed by atoms with Gasteiger partial charge in [0.05, 0.1) is 6.61 Å². The molecule has 1 N–H and O–H groups in total. The van der Waals surface area contributed by atoms with E-state index in [2.05, 4.69) is 17.5 Å². The third kappa shape index (κ3) is 6.68. The Morgan fingerprint density at radius 2 is 1.65 bits per heavy atom. The first kappa shape index (κ1) is 15.3. The number of rotatable bonds is 9. The van der Waals surface area contributed by atoms with Crippen LogP contribution in [0.3, 0.4) is 0 Å². The number of nitrogens with zero attached hydrogens (tertiary/aromatic N) is 1. The molecule has 1 rings (SSSR count). The van der Waals surface area contributed by atoms with Crippen LogP contribution in [0.15, 0.2) is 0 Å². The lowest BCUT2D eigenvalue weighted by molar-refractivity contribution is 0.122. The summed E-state index contributed by atoms with van der Waals surface area (Å²) in [6, 6.07) is 0.751. The van der Waals surface area contributed by atoms with Gasteiger partial charge in [-0.05, 0) is 38.0 Å². The van der Waals surface area contributed by atoms with Crippen LogP contribution in [0.1, 0.15) is 57.8 Å². The van der Waals surface area contributed by atoms with Crippen molar-refractivity contribution in [1.82, 2.24) is 4.90 Å². The van der Waals surface area contributed by atoms with Gasteiger partial charge in [0, 0.05) is 12.6 Å². The Labute approximate surface area is 112 Å². The highest BCUT2D eigenvalue weighted by Gasteiger charge is 2.19. The van der Waals surface area contributed by atoms with Gasteiger partial charge in [-0.3, -0.25) is 4.90 Å². The van der Waals surface area contributed by atoms with Gasteiger partial charge in [-0.25, -0.2) is 0 Å². The van der Waals surface area contributed by atoms with Crippen LogP contribution in [0.2, 0.25) is 0 Å². The lowest BCUT2D eigenvalue weighted by atomic mass is 9.94. The Kier molecular flexibility index (Phi) is 9.21. The van der Waals surface area contributed by atoms with Crippen LogP contribution in [0.5, 0.6) is 0 Å². The van der Waals surface area contributed by atoms with Crippen LogP contribution in [-0.2, 0) is 0 Å². The van der Waals surface area contributed by atoms with Crippen molar-refractivity contribution in [3.05, 3.63) is 0 Å². The standard InChI is InChI=1S/C14H29NOS/c16-12-11-15(10-6-1-2-7-13-17)14-8-4-3-5-9-14/h14,16-17H,1-13H2. The quantitative estimate of drug-likeness (QED) is 0.491. The topological polar surface area (TPSA) is 23.5 Å². The molecule has 0 aromatic rings. The van der Waals surface area contributed by atoms with Gasteiger partial charge in [-0.1, -0.05) is 32.1 Å². The van der Waals surface area contributed by atoms with Gasteiger partial charge in [0.15, 0.2) is 0 Å². The highest BCUT2D eigenvalue weighted by Crippen LogP contribution is 2.22. The van der Waals surface area contributed by atoms with E-state index < -0.39 is 0 Å². The molecule has 1 fully saturated rings. The molecule has 0 unspecified atom stereocenters. The Balaban J connectivity index is 2.17. The summed E-state index contributed by atoms with van der Waals surface area (Å²) in [5.74, 6) is 1.02. The number of unbranched alkanes of at least 4 members (excludes halogenated alkanes) is 3. The summed E-state index contributed by atoms with van der Waals surface area (Å²) < 4.78 is 0. The Bertz CT molecular complexity index is 172. The van der Waals surface area contributed by atoms with Gasteiger partial charge >= 0.3 is 0 Å². The molecule has 0 aromatic heterocycles. The molecule has 0 aromatic carbocycles. The number of hydrogen-bond acceptors (Lipinski definition) is 3. The highest BCUT2D eigenvalue weighted by molar-refractivity contribution is 7.80. The molecule has 1 aliphatic carbocycles. The minimum absolute atomic E-state index is 0.313. The number of aliphatic hydroxyl groups excluding tert-OH is 1. The summed E-state index contributed by atoms with van der Waals surface area (Å²) in [6.45, 7) is 2.36. The number of hydrogen-bond donors (Lipinski definition) is 2. The molecular formula is C14H29NOS. The fourth-order valence-electron chi connectivity index (χ4n) is 2.83. The SMILES string of the molecule is OCCN(CCCCCCS)C1CCCCC1. The maximum absolute atomic E-state index is 9.16. The van der Waals surface area contributed by atoms with E-state index in [0.717, 1.165) is 18.3 Å². The molecule has 1 saturated carbocycles. The molecule has 0 saturated heterocycles. The molecule has 3 heteroatoms. The Morgan fingerprint density at radius 1 is 0.941 bits per heavy atom. The minimum Gasteiger partial charge on any atom is -0.395 e. The summed E-state index contributed by atoms with van der Waals surface area (Å²) in [5, 5.41) is 9.16. The minimum atomic E-state index is 0.313. The second-order valence-electron chi connectivity index (χ2n) is 5.19. The van der Waals surface area contributed by atoms with E-state index in [-0.39, 0.29) is 0 Å². The van der Waals surface area contributed by atoms with E-state index in [9.17, 15) is 0 Å². The molecule has 2 nitrogen and oxygen atoms in total. The van der Waals surface area contributed by atoms with Crippen molar-refractivity contribution in [3.63, 3.8) is 0 Å². The largest absolute Gasteiger partial charge is 0.395 e. The first-order valence-corrected chi connectivity index (χ1v) is 7.97. The van der Waals surface area contributed by atoms with Crippen molar-refractivity contribution in [2.45, 2.75) is 63.8 Å². The normalized spacial score (nSPS) is 17.8. The maximum Gasteiger partial charge on any atom is 0.0558 e. The van der Waals surface area contributed by atoms with Crippen LogP contribution in [0.25, 0.3) is 0 Å². The third-order valence-electron chi connectivity index (χ3n) is 3.83. The average molecular weight is 259 g/mol. The predicted octanol–water partition coefficient (Wildman–Crippen LogP) is 3.10. The molecule has 0 heterocycles. The summed E-state index contributed by atoms with van der Waals surface area (Å²) in [5.41, 5.74) is 0. The van der Waals surface area contributed by atoms with Crippen molar-refractivity contribution in [2.24, 2.45) is 0 Å². The van der Waals surface area contributed by atoms with E-state index in [0.29, 0.717) is 6.61 Å². The first-order valence-electron chi connectivity index (χ1n) is 7.34. The Morgan fingerprint density at radius 3 is 2.29 bits per heavy atom. The van der Waals surface area contributed by atoms with Crippen LogP contribution in [0, 0.1) is 0 Å². The molecule has 102 valence electrons. The second kappa shape index (κ2) is 10.2. The van der Waals surface area contributed by atoms with Gasteiger partial charge in [0.2, 0.25) is 0 Å². The predicted molar refractivity (Wildman–Crippen MR) is 77.9 cm³/mol. The van der Waals surface area contributed by atoms with Gasteiger partial charge in [-0.15, -0.1) is 0 Å². The highest BCUT2D eigenvalue weighted by atomic mass is 32.1. The van der Waals surface area contributed by atoms with Crippen molar-refractivity contribution in [2.75, 3.05) is 25.4 Å². The van der Waals surface area contributed by atoms with E-state index in [1.54, 1.807) is 0 Å². The zero-order chi connectivity index (χ0) is 12.3. The number of aliphatic hydroxyl groups is 1. The molecule has 17 heavy (non-hydrogen) atoms. The summed E-state index contributed by atoms with van der Waals surface area (Å²) >= 11 is 4.24. The van der Waals surface area contributed by atoms with Gasteiger partial charge < -0.3 is 5.11 Å². The zero-order valence-corrected chi connectivity index (χ0v) is 12.0. The van der Waals surface area contributed by atoms with E-state index in [4.69, 9.17) is 5.11 Å².